The summed E-state index contributed by atoms with van der Waals surface area (Å²) in [6.07, 6.45) is 1.87. The molecule has 0 saturated carbocycles. The Labute approximate surface area is 72.7 Å². The molecule has 0 spiro atoms. The van der Waals surface area contributed by atoms with Crippen LogP contribution in [0.1, 0.15) is 33.1 Å². The van der Waals surface area contributed by atoms with Gasteiger partial charge in [-0.1, -0.05) is 13.3 Å². The van der Waals surface area contributed by atoms with E-state index in [4.69, 9.17) is 4.74 Å². The third-order valence-corrected chi connectivity index (χ3v) is 2.35. The topological polar surface area (TPSA) is 46.5 Å². The van der Waals surface area contributed by atoms with Crippen LogP contribution < -0.4 is 0 Å². The highest BCUT2D eigenvalue weighted by Crippen LogP contribution is 2.22. The van der Waals surface area contributed by atoms with E-state index in [0.717, 1.165) is 12.8 Å². The van der Waals surface area contributed by atoms with Gasteiger partial charge in [-0.15, -0.1) is 0 Å². The highest BCUT2D eigenvalue weighted by atomic mass is 16.5. The molecule has 1 fully saturated rings. The van der Waals surface area contributed by atoms with Gasteiger partial charge in [0.05, 0.1) is 12.0 Å². The Hall–Kier alpha value is -0.570. The zero-order valence-corrected chi connectivity index (χ0v) is 7.62. The number of carbonyl (C=O) groups is 1. The van der Waals surface area contributed by atoms with Crippen LogP contribution in [0.5, 0.6) is 0 Å². The lowest BCUT2D eigenvalue weighted by Gasteiger charge is -2.30. The zero-order valence-electron chi connectivity index (χ0n) is 7.62. The van der Waals surface area contributed by atoms with Gasteiger partial charge < -0.3 is 9.84 Å². The van der Waals surface area contributed by atoms with Crippen LogP contribution in [0.4, 0.5) is 0 Å². The Morgan fingerprint density at radius 1 is 1.67 bits per heavy atom. The Morgan fingerprint density at radius 2 is 2.33 bits per heavy atom. The third-order valence-electron chi connectivity index (χ3n) is 2.35. The van der Waals surface area contributed by atoms with Crippen molar-refractivity contribution in [3.05, 3.63) is 0 Å². The first-order valence-electron chi connectivity index (χ1n) is 4.53. The number of carbonyl (C=O) groups excluding carboxylic acids is 1. The number of rotatable bonds is 2. The van der Waals surface area contributed by atoms with Gasteiger partial charge in [0.2, 0.25) is 0 Å². The molecular weight excluding hydrogens is 156 g/mol. The lowest BCUT2D eigenvalue weighted by Crippen LogP contribution is -2.39. The molecule has 0 aromatic carbocycles. The number of cyclic esters (lactones) is 1. The van der Waals surface area contributed by atoms with Crippen LogP contribution in [-0.4, -0.2) is 23.3 Å². The van der Waals surface area contributed by atoms with E-state index >= 15 is 0 Å². The fourth-order valence-corrected chi connectivity index (χ4v) is 1.45. The van der Waals surface area contributed by atoms with Gasteiger partial charge in [-0.3, -0.25) is 4.79 Å². The molecule has 0 aliphatic carbocycles. The van der Waals surface area contributed by atoms with Crippen molar-refractivity contribution in [2.45, 2.75) is 45.3 Å². The van der Waals surface area contributed by atoms with Crippen molar-refractivity contribution in [1.29, 1.82) is 0 Å². The molecule has 1 heterocycles. The van der Waals surface area contributed by atoms with E-state index in [-0.39, 0.29) is 18.0 Å². The van der Waals surface area contributed by atoms with Crippen molar-refractivity contribution in [3.63, 3.8) is 0 Å². The number of ether oxygens (including phenoxy) is 1. The first-order chi connectivity index (χ1) is 5.65. The Morgan fingerprint density at radius 3 is 2.83 bits per heavy atom. The third kappa shape index (κ3) is 1.97. The fraction of sp³-hybridized carbons (Fsp3) is 0.889. The molecule has 3 nitrogen and oxygen atoms in total. The highest BCUT2D eigenvalue weighted by molar-refractivity contribution is 5.73. The molecule has 12 heavy (non-hydrogen) atoms. The Bertz CT molecular complexity index is 167. The number of esters is 1. The summed E-state index contributed by atoms with van der Waals surface area (Å²) in [4.78, 5) is 11.1. The van der Waals surface area contributed by atoms with Crippen LogP contribution in [-0.2, 0) is 9.53 Å². The minimum atomic E-state index is -0.511. The second-order valence-corrected chi connectivity index (χ2v) is 3.44. The van der Waals surface area contributed by atoms with Gasteiger partial charge in [-0.2, -0.15) is 0 Å². The van der Waals surface area contributed by atoms with Gasteiger partial charge in [-0.25, -0.2) is 0 Å². The van der Waals surface area contributed by atoms with E-state index in [1.165, 1.54) is 0 Å². The Kier molecular flexibility index (Phi) is 3.09. The van der Waals surface area contributed by atoms with Gasteiger partial charge in [0.25, 0.3) is 0 Å². The lowest BCUT2D eigenvalue weighted by molar-refractivity contribution is -0.168. The van der Waals surface area contributed by atoms with E-state index in [1.807, 2.05) is 6.92 Å². The molecule has 3 atom stereocenters. The largest absolute Gasteiger partial charge is 0.462 e. The van der Waals surface area contributed by atoms with Crippen molar-refractivity contribution in [2.24, 2.45) is 5.92 Å². The van der Waals surface area contributed by atoms with Gasteiger partial charge in [0.1, 0.15) is 6.10 Å². The van der Waals surface area contributed by atoms with Crippen molar-refractivity contribution < 1.29 is 14.6 Å². The van der Waals surface area contributed by atoms with Gasteiger partial charge >= 0.3 is 5.97 Å². The van der Waals surface area contributed by atoms with Crippen LogP contribution in [0.15, 0.2) is 0 Å². The van der Waals surface area contributed by atoms with Crippen LogP contribution in [0, 0.1) is 5.92 Å². The maximum Gasteiger partial charge on any atom is 0.311 e. The molecule has 70 valence electrons. The van der Waals surface area contributed by atoms with Crippen LogP contribution >= 0.6 is 0 Å². The molecule has 0 aromatic rings. The predicted molar refractivity (Wildman–Crippen MR) is 44.6 cm³/mol. The maximum absolute atomic E-state index is 11.1. The number of hydrogen-bond acceptors (Lipinski definition) is 3. The standard InChI is InChI=1S/C9H16O3/c1-3-4-7-5-8(10)6(2)9(11)12-7/h6-8,10H,3-5H2,1-2H3. The second-order valence-electron chi connectivity index (χ2n) is 3.44. The first kappa shape index (κ1) is 9.52. The molecule has 1 rings (SSSR count). The quantitative estimate of drug-likeness (QED) is 0.634. The second kappa shape index (κ2) is 3.90. The lowest BCUT2D eigenvalue weighted by atomic mass is 9.94. The van der Waals surface area contributed by atoms with Crippen molar-refractivity contribution >= 4 is 5.97 Å². The van der Waals surface area contributed by atoms with Gasteiger partial charge in [0.15, 0.2) is 0 Å². The number of aliphatic hydroxyl groups is 1. The molecule has 3 heteroatoms. The average molecular weight is 172 g/mol. The summed E-state index contributed by atoms with van der Waals surface area (Å²) in [6.45, 7) is 3.74. The average Bonchev–Trinajstić information content (AvgIpc) is 2.01. The molecule has 1 aliphatic rings. The fourth-order valence-electron chi connectivity index (χ4n) is 1.45. The first-order valence-corrected chi connectivity index (χ1v) is 4.53. The van der Waals surface area contributed by atoms with Gasteiger partial charge in [0, 0.05) is 6.42 Å². The molecule has 0 radical (unpaired) electrons. The smallest absolute Gasteiger partial charge is 0.311 e. The molecule has 0 amide bonds. The summed E-state index contributed by atoms with van der Waals surface area (Å²) in [5.41, 5.74) is 0. The van der Waals surface area contributed by atoms with E-state index in [9.17, 15) is 9.90 Å². The van der Waals surface area contributed by atoms with Crippen molar-refractivity contribution in [2.75, 3.05) is 0 Å². The minimum Gasteiger partial charge on any atom is -0.462 e. The van der Waals surface area contributed by atoms with E-state index in [1.54, 1.807) is 6.92 Å². The van der Waals surface area contributed by atoms with Crippen molar-refractivity contribution in [1.82, 2.24) is 0 Å². The van der Waals surface area contributed by atoms with E-state index in [2.05, 4.69) is 0 Å². The predicted octanol–water partition coefficient (Wildman–Crippen LogP) is 1.10. The zero-order chi connectivity index (χ0) is 9.14. The molecule has 1 N–H and O–H groups in total. The van der Waals surface area contributed by atoms with E-state index < -0.39 is 6.10 Å². The number of aliphatic hydroxyl groups excluding tert-OH is 1. The van der Waals surface area contributed by atoms with Crippen LogP contribution in [0.3, 0.4) is 0 Å². The molecule has 3 unspecified atom stereocenters. The van der Waals surface area contributed by atoms with Gasteiger partial charge in [-0.05, 0) is 13.3 Å². The molecule has 0 bridgehead atoms. The molecular formula is C9H16O3. The SMILES string of the molecule is CCCC1CC(O)C(C)C(=O)O1. The minimum absolute atomic E-state index is 0.0614. The normalized spacial score (nSPS) is 36.2. The Balaban J connectivity index is 2.48. The maximum atomic E-state index is 11.1. The van der Waals surface area contributed by atoms with Crippen LogP contribution in [0.2, 0.25) is 0 Å². The monoisotopic (exact) mass is 172 g/mol. The number of hydrogen-bond donors (Lipinski definition) is 1. The summed E-state index contributed by atoms with van der Waals surface area (Å²) >= 11 is 0. The summed E-state index contributed by atoms with van der Waals surface area (Å²) in [7, 11) is 0. The summed E-state index contributed by atoms with van der Waals surface area (Å²) < 4.78 is 5.11. The summed E-state index contributed by atoms with van der Waals surface area (Å²) in [5.74, 6) is -0.606. The van der Waals surface area contributed by atoms with E-state index in [0.29, 0.717) is 6.42 Å². The molecule has 1 aliphatic heterocycles. The highest BCUT2D eigenvalue weighted by Gasteiger charge is 2.33. The summed E-state index contributed by atoms with van der Waals surface area (Å²) in [6, 6.07) is 0. The summed E-state index contributed by atoms with van der Waals surface area (Å²) in [5, 5.41) is 9.44. The molecule has 1 saturated heterocycles. The molecule has 0 aromatic heterocycles. The van der Waals surface area contributed by atoms with Crippen LogP contribution in [0.25, 0.3) is 0 Å². The van der Waals surface area contributed by atoms with Crippen molar-refractivity contribution in [3.8, 4) is 0 Å².